The number of rotatable bonds is 3. The summed E-state index contributed by atoms with van der Waals surface area (Å²) in [6, 6.07) is 7.45. The lowest BCUT2D eigenvalue weighted by Gasteiger charge is -2.21. The Morgan fingerprint density at radius 2 is 1.93 bits per heavy atom. The number of nitrogens with one attached hydrogen (secondary N) is 1. The van der Waals surface area contributed by atoms with Crippen LogP contribution in [0.2, 0.25) is 0 Å². The molecule has 1 atom stereocenters. The maximum absolute atomic E-state index is 12.8. The van der Waals surface area contributed by atoms with Crippen LogP contribution in [-0.2, 0) is 17.6 Å². The lowest BCUT2D eigenvalue weighted by Crippen LogP contribution is -2.27. The molecule has 0 saturated carbocycles. The Bertz CT molecular complexity index is 932. The number of likely N-dealkylation sites (tertiary alicyclic amines) is 1. The van der Waals surface area contributed by atoms with E-state index in [9.17, 15) is 9.59 Å². The van der Waals surface area contributed by atoms with Crippen molar-refractivity contribution in [1.82, 2.24) is 4.90 Å². The molecule has 1 N–H and O–H groups in total. The lowest BCUT2D eigenvalue weighted by molar-refractivity contribution is -0.120. The topological polar surface area (TPSA) is 67.9 Å². The fraction of sp³-hybridized carbons (Fsp3) is 0.429. The molecule has 28 heavy (non-hydrogen) atoms. The molecule has 3 aliphatic rings. The number of anilines is 1. The predicted octanol–water partition coefficient (Wildman–Crippen LogP) is 3.46. The number of carbonyl (C=O) groups excluding carboxylic acids is 2. The van der Waals surface area contributed by atoms with Crippen LogP contribution in [0.1, 0.15) is 39.4 Å². The fourth-order valence-corrected chi connectivity index (χ4v) is 5.32. The van der Waals surface area contributed by atoms with Crippen LogP contribution in [0.25, 0.3) is 0 Å². The largest absolute Gasteiger partial charge is 0.454 e. The van der Waals surface area contributed by atoms with E-state index in [0.717, 1.165) is 54.9 Å². The Hall–Kier alpha value is -2.54. The number of hydrogen-bond donors (Lipinski definition) is 1. The molecular formula is C21H22N2O4S. The van der Waals surface area contributed by atoms with Crippen molar-refractivity contribution in [1.29, 1.82) is 0 Å². The second-order valence-electron chi connectivity index (χ2n) is 7.56. The Balaban J connectivity index is 1.26. The van der Waals surface area contributed by atoms with Gasteiger partial charge < -0.3 is 19.7 Å². The summed E-state index contributed by atoms with van der Waals surface area (Å²) in [7, 11) is 0. The van der Waals surface area contributed by atoms with E-state index in [1.54, 1.807) is 17.4 Å². The van der Waals surface area contributed by atoms with E-state index in [1.807, 2.05) is 23.1 Å². The van der Waals surface area contributed by atoms with Crippen molar-refractivity contribution >= 4 is 28.8 Å². The van der Waals surface area contributed by atoms with Crippen LogP contribution in [0, 0.1) is 5.92 Å². The third-order valence-corrected chi connectivity index (χ3v) is 6.92. The summed E-state index contributed by atoms with van der Waals surface area (Å²) < 4.78 is 10.7. The smallest absolute Gasteiger partial charge is 0.263 e. The van der Waals surface area contributed by atoms with Gasteiger partial charge in [0.05, 0.1) is 4.88 Å². The fourth-order valence-electron chi connectivity index (χ4n) is 4.15. The molecule has 0 bridgehead atoms. The first-order valence-corrected chi connectivity index (χ1v) is 10.6. The summed E-state index contributed by atoms with van der Waals surface area (Å²) >= 11 is 1.61. The summed E-state index contributed by atoms with van der Waals surface area (Å²) in [6.07, 6.45) is 4.54. The van der Waals surface area contributed by atoms with Crippen molar-refractivity contribution in [2.45, 2.75) is 32.1 Å². The molecule has 1 aliphatic carbocycles. The number of thiophene rings is 1. The molecule has 7 heteroatoms. The molecule has 2 amide bonds. The Labute approximate surface area is 167 Å². The van der Waals surface area contributed by atoms with E-state index in [2.05, 4.69) is 5.32 Å². The summed E-state index contributed by atoms with van der Waals surface area (Å²) in [5.74, 6) is 1.45. The average molecular weight is 398 g/mol. The zero-order valence-electron chi connectivity index (χ0n) is 15.5. The van der Waals surface area contributed by atoms with Crippen LogP contribution in [0.4, 0.5) is 5.69 Å². The maximum atomic E-state index is 12.8. The van der Waals surface area contributed by atoms with Gasteiger partial charge >= 0.3 is 0 Å². The van der Waals surface area contributed by atoms with Crippen molar-refractivity contribution in [2.75, 3.05) is 25.2 Å². The Kier molecular flexibility index (Phi) is 4.47. The monoisotopic (exact) mass is 398 g/mol. The number of amides is 2. The molecule has 1 aromatic heterocycles. The van der Waals surface area contributed by atoms with Crippen LogP contribution in [0.5, 0.6) is 11.5 Å². The summed E-state index contributed by atoms with van der Waals surface area (Å²) in [4.78, 5) is 29.4. The Morgan fingerprint density at radius 1 is 1.11 bits per heavy atom. The van der Waals surface area contributed by atoms with E-state index >= 15 is 0 Å². The highest BCUT2D eigenvalue weighted by molar-refractivity contribution is 7.14. The molecule has 2 aromatic rings. The van der Waals surface area contributed by atoms with E-state index < -0.39 is 0 Å². The number of hydrogen-bond acceptors (Lipinski definition) is 5. The van der Waals surface area contributed by atoms with E-state index in [4.69, 9.17) is 9.47 Å². The highest BCUT2D eigenvalue weighted by atomic mass is 32.1. The second kappa shape index (κ2) is 7.13. The van der Waals surface area contributed by atoms with Gasteiger partial charge in [0, 0.05) is 35.6 Å². The van der Waals surface area contributed by atoms with Crippen LogP contribution in [-0.4, -0.2) is 36.6 Å². The van der Waals surface area contributed by atoms with Gasteiger partial charge in [-0.1, -0.05) is 0 Å². The number of aryl methyl sites for hydroxylation is 1. The highest BCUT2D eigenvalue weighted by Gasteiger charge is 2.29. The van der Waals surface area contributed by atoms with E-state index in [-0.39, 0.29) is 24.5 Å². The second-order valence-corrected chi connectivity index (χ2v) is 8.69. The summed E-state index contributed by atoms with van der Waals surface area (Å²) in [5.41, 5.74) is 1.87. The highest BCUT2D eigenvalue weighted by Crippen LogP contribution is 2.36. The van der Waals surface area contributed by atoms with Gasteiger partial charge in [-0.25, -0.2) is 0 Å². The molecule has 0 spiro atoms. The van der Waals surface area contributed by atoms with Crippen LogP contribution in [0.15, 0.2) is 24.3 Å². The molecule has 2 aliphatic heterocycles. The number of benzene rings is 1. The molecular weight excluding hydrogens is 376 g/mol. The SMILES string of the molecule is O=C(Nc1ccc2c(c1)OCO2)[C@@H]1CCc2sc(C(=O)N3CCCC3)cc2C1. The maximum Gasteiger partial charge on any atom is 0.263 e. The van der Waals surface area contributed by atoms with Gasteiger partial charge in [0.1, 0.15) is 0 Å². The zero-order chi connectivity index (χ0) is 19.1. The third-order valence-electron chi connectivity index (χ3n) is 5.70. The summed E-state index contributed by atoms with van der Waals surface area (Å²) in [6.45, 7) is 1.94. The molecule has 0 radical (unpaired) electrons. The Morgan fingerprint density at radius 3 is 2.79 bits per heavy atom. The number of fused-ring (bicyclic) bond motifs is 2. The van der Waals surface area contributed by atoms with Crippen molar-refractivity contribution in [3.63, 3.8) is 0 Å². The van der Waals surface area contributed by atoms with Crippen molar-refractivity contribution < 1.29 is 19.1 Å². The van der Waals surface area contributed by atoms with Gasteiger partial charge in [-0.3, -0.25) is 9.59 Å². The third kappa shape index (κ3) is 3.24. The first kappa shape index (κ1) is 17.6. The molecule has 1 aromatic carbocycles. The standard InChI is InChI=1S/C21H22N2O4S/c24-20(22-15-4-5-16-17(11-15)27-12-26-16)13-3-6-18-14(9-13)10-19(28-18)21(25)23-7-1-2-8-23/h4-5,10-11,13H,1-3,6-9,12H2,(H,22,24)/t13-/m1/s1. The molecule has 1 fully saturated rings. The van der Waals surface area contributed by atoms with Crippen LogP contribution >= 0.6 is 11.3 Å². The average Bonchev–Trinajstić information content (AvgIpc) is 3.46. The minimum atomic E-state index is -0.0812. The quantitative estimate of drug-likeness (QED) is 0.860. The molecule has 3 heterocycles. The van der Waals surface area contributed by atoms with E-state index in [1.165, 1.54) is 4.88 Å². The normalized spacial score (nSPS) is 20.1. The summed E-state index contributed by atoms with van der Waals surface area (Å²) in [5, 5.41) is 3.00. The van der Waals surface area contributed by atoms with Crippen LogP contribution < -0.4 is 14.8 Å². The molecule has 5 rings (SSSR count). The van der Waals surface area contributed by atoms with Crippen LogP contribution in [0.3, 0.4) is 0 Å². The first-order valence-electron chi connectivity index (χ1n) is 9.79. The van der Waals surface area contributed by atoms with Gasteiger partial charge in [0.2, 0.25) is 12.7 Å². The number of carbonyl (C=O) groups is 2. The number of nitrogens with zero attached hydrogens (tertiary/aromatic N) is 1. The van der Waals surface area contributed by atoms with Gasteiger partial charge in [-0.05, 0) is 55.9 Å². The molecule has 146 valence electrons. The van der Waals surface area contributed by atoms with Crippen molar-refractivity contribution in [2.24, 2.45) is 5.92 Å². The van der Waals surface area contributed by atoms with Crippen molar-refractivity contribution in [3.8, 4) is 11.5 Å². The number of ether oxygens (including phenoxy) is 2. The molecule has 0 unspecified atom stereocenters. The van der Waals surface area contributed by atoms with Gasteiger partial charge in [-0.15, -0.1) is 11.3 Å². The first-order chi connectivity index (χ1) is 13.7. The molecule has 6 nitrogen and oxygen atoms in total. The zero-order valence-corrected chi connectivity index (χ0v) is 16.3. The minimum Gasteiger partial charge on any atom is -0.454 e. The van der Waals surface area contributed by atoms with Gasteiger partial charge in [0.15, 0.2) is 11.5 Å². The van der Waals surface area contributed by atoms with Gasteiger partial charge in [-0.2, -0.15) is 0 Å². The van der Waals surface area contributed by atoms with Crippen molar-refractivity contribution in [3.05, 3.63) is 39.6 Å². The predicted molar refractivity (Wildman–Crippen MR) is 106 cm³/mol. The minimum absolute atomic E-state index is 0.0168. The lowest BCUT2D eigenvalue weighted by atomic mass is 9.87. The molecule has 1 saturated heterocycles. The van der Waals surface area contributed by atoms with E-state index in [0.29, 0.717) is 17.9 Å². The van der Waals surface area contributed by atoms with Gasteiger partial charge in [0.25, 0.3) is 5.91 Å².